The maximum absolute atomic E-state index is 5.21. The maximum Gasteiger partial charge on any atom is 0.147 e. The predicted molar refractivity (Wildman–Crippen MR) is 154 cm³/mol. The molecule has 0 aliphatic carbocycles. The van der Waals surface area contributed by atoms with E-state index < -0.39 is 0 Å². The van der Waals surface area contributed by atoms with Gasteiger partial charge in [0, 0.05) is 25.7 Å². The Kier molecular flexibility index (Phi) is 4.80. The lowest BCUT2D eigenvalue weighted by Gasteiger charge is -2.17. The zero-order chi connectivity index (χ0) is 24.2. The fraction of sp³-hybridized carbons (Fsp3) is 0.0606. The lowest BCUT2D eigenvalue weighted by Crippen LogP contribution is -2.03. The van der Waals surface area contributed by atoms with Gasteiger partial charge in [-0.15, -0.1) is 11.3 Å². The Bertz CT molecular complexity index is 1880. The first-order valence-electron chi connectivity index (χ1n) is 12.2. The second-order valence-electron chi connectivity index (χ2n) is 9.36. The van der Waals surface area contributed by atoms with Crippen molar-refractivity contribution < 1.29 is 0 Å². The largest absolute Gasteiger partial charge is 0.292 e. The number of aryl methyl sites for hydroxylation is 2. The first-order valence-corrected chi connectivity index (χ1v) is 13.1. The Labute approximate surface area is 214 Å². The van der Waals surface area contributed by atoms with Gasteiger partial charge in [0.25, 0.3) is 0 Å². The van der Waals surface area contributed by atoms with Crippen LogP contribution in [0.1, 0.15) is 11.1 Å². The molecule has 0 aliphatic heterocycles. The number of fused-ring (bicyclic) bond motifs is 4. The van der Waals surface area contributed by atoms with Gasteiger partial charge in [-0.05, 0) is 72.5 Å². The molecule has 172 valence electrons. The summed E-state index contributed by atoms with van der Waals surface area (Å²) in [6, 6.07) is 39.0. The average Bonchev–Trinajstić information content (AvgIpc) is 3.48. The molecule has 0 atom stereocenters. The number of nitrogens with zero attached hydrogens (tertiary/aromatic N) is 2. The Hall–Kier alpha value is -4.21. The average molecular weight is 481 g/mol. The van der Waals surface area contributed by atoms with Gasteiger partial charge in [-0.1, -0.05) is 72.8 Å². The molecule has 2 aromatic heterocycles. The van der Waals surface area contributed by atoms with Crippen LogP contribution in [-0.4, -0.2) is 9.55 Å². The van der Waals surface area contributed by atoms with Gasteiger partial charge in [0.15, 0.2) is 0 Å². The van der Waals surface area contributed by atoms with Crippen LogP contribution in [0.25, 0.3) is 59.4 Å². The Balaban J connectivity index is 1.53. The normalized spacial score (nSPS) is 11.6. The standard InChI is InChI=1S/C33H24N2S/c1-21-19-24(23-11-4-3-5-12-23)20-22(2)31(21)35-29-17-8-7-16-28(29)34-33(35)27-15-10-14-26-25-13-6-9-18-30(25)36-32(26)27/h3-20H,1-2H3. The van der Waals surface area contributed by atoms with Crippen LogP contribution in [0, 0.1) is 13.8 Å². The number of hydrogen-bond acceptors (Lipinski definition) is 2. The molecule has 0 N–H and O–H groups in total. The van der Waals surface area contributed by atoms with Gasteiger partial charge in [0.2, 0.25) is 0 Å². The molecule has 0 radical (unpaired) electrons. The second kappa shape index (κ2) is 8.18. The molecule has 36 heavy (non-hydrogen) atoms. The van der Waals surface area contributed by atoms with E-state index in [-0.39, 0.29) is 0 Å². The van der Waals surface area contributed by atoms with E-state index >= 15 is 0 Å². The van der Waals surface area contributed by atoms with Crippen LogP contribution in [0.15, 0.2) is 109 Å². The minimum Gasteiger partial charge on any atom is -0.292 e. The van der Waals surface area contributed by atoms with Crippen molar-refractivity contribution in [2.75, 3.05) is 0 Å². The van der Waals surface area contributed by atoms with Gasteiger partial charge in [-0.2, -0.15) is 0 Å². The number of para-hydroxylation sites is 2. The summed E-state index contributed by atoms with van der Waals surface area (Å²) in [4.78, 5) is 5.21. The SMILES string of the molecule is Cc1cc(-c2ccccc2)cc(C)c1-n1c(-c2cccc3c2sc2ccccc23)nc2ccccc21. The van der Waals surface area contributed by atoms with Crippen LogP contribution in [0.5, 0.6) is 0 Å². The lowest BCUT2D eigenvalue weighted by atomic mass is 9.98. The molecular weight excluding hydrogens is 456 g/mol. The molecule has 0 spiro atoms. The molecule has 0 unspecified atom stereocenters. The van der Waals surface area contributed by atoms with Crippen molar-refractivity contribution in [2.45, 2.75) is 13.8 Å². The molecule has 0 aliphatic rings. The number of imidazole rings is 1. The molecule has 7 aromatic rings. The molecular formula is C33H24N2S. The summed E-state index contributed by atoms with van der Waals surface area (Å²) in [6.07, 6.45) is 0. The third-order valence-electron chi connectivity index (χ3n) is 7.03. The van der Waals surface area contributed by atoms with E-state index in [1.54, 1.807) is 0 Å². The number of benzene rings is 5. The van der Waals surface area contributed by atoms with Crippen LogP contribution in [-0.2, 0) is 0 Å². The van der Waals surface area contributed by atoms with Gasteiger partial charge < -0.3 is 0 Å². The second-order valence-corrected chi connectivity index (χ2v) is 10.4. The van der Waals surface area contributed by atoms with Crippen LogP contribution in [0.3, 0.4) is 0 Å². The molecule has 7 rings (SSSR count). The number of thiophene rings is 1. The van der Waals surface area contributed by atoms with Gasteiger partial charge in [0.05, 0.1) is 16.7 Å². The van der Waals surface area contributed by atoms with Crippen molar-refractivity contribution in [3.8, 4) is 28.2 Å². The first kappa shape index (κ1) is 21.1. The topological polar surface area (TPSA) is 17.8 Å². The van der Waals surface area contributed by atoms with Crippen LogP contribution >= 0.6 is 11.3 Å². The molecule has 2 heterocycles. The van der Waals surface area contributed by atoms with Gasteiger partial charge in [0.1, 0.15) is 5.82 Å². The van der Waals surface area contributed by atoms with Crippen molar-refractivity contribution >= 4 is 42.5 Å². The minimum absolute atomic E-state index is 0.993. The van der Waals surface area contributed by atoms with Crippen LogP contribution in [0.2, 0.25) is 0 Å². The van der Waals surface area contributed by atoms with Crippen LogP contribution in [0.4, 0.5) is 0 Å². The minimum atomic E-state index is 0.993. The first-order chi connectivity index (χ1) is 17.7. The van der Waals surface area contributed by atoms with E-state index in [0.29, 0.717) is 0 Å². The number of hydrogen-bond donors (Lipinski definition) is 0. The summed E-state index contributed by atoms with van der Waals surface area (Å²) in [5, 5.41) is 2.60. The molecule has 2 nitrogen and oxygen atoms in total. The van der Waals surface area contributed by atoms with Crippen LogP contribution < -0.4 is 0 Å². The van der Waals surface area contributed by atoms with Crippen molar-refractivity contribution in [3.63, 3.8) is 0 Å². The summed E-state index contributed by atoms with van der Waals surface area (Å²) in [6.45, 7) is 4.43. The summed E-state index contributed by atoms with van der Waals surface area (Å²) < 4.78 is 4.96. The Morgan fingerprint density at radius 3 is 2.17 bits per heavy atom. The predicted octanol–water partition coefficient (Wildman–Crippen LogP) is 9.34. The molecule has 0 amide bonds. The lowest BCUT2D eigenvalue weighted by molar-refractivity contribution is 1.07. The maximum atomic E-state index is 5.21. The van der Waals surface area contributed by atoms with Crippen molar-refractivity contribution in [3.05, 3.63) is 120 Å². The highest BCUT2D eigenvalue weighted by atomic mass is 32.1. The third kappa shape index (κ3) is 3.20. The van der Waals surface area contributed by atoms with E-state index in [1.807, 2.05) is 11.3 Å². The smallest absolute Gasteiger partial charge is 0.147 e. The molecule has 0 saturated carbocycles. The molecule has 0 fully saturated rings. The van der Waals surface area contributed by atoms with Gasteiger partial charge >= 0.3 is 0 Å². The summed E-state index contributed by atoms with van der Waals surface area (Å²) in [7, 11) is 0. The molecule has 0 bridgehead atoms. The summed E-state index contributed by atoms with van der Waals surface area (Å²) >= 11 is 1.85. The van der Waals surface area contributed by atoms with E-state index in [0.717, 1.165) is 16.9 Å². The van der Waals surface area contributed by atoms with E-state index in [9.17, 15) is 0 Å². The monoisotopic (exact) mass is 480 g/mol. The van der Waals surface area contributed by atoms with Crippen molar-refractivity contribution in [2.24, 2.45) is 0 Å². The quantitative estimate of drug-likeness (QED) is 0.246. The highest BCUT2D eigenvalue weighted by Gasteiger charge is 2.20. The van der Waals surface area contributed by atoms with Gasteiger partial charge in [-0.3, -0.25) is 4.57 Å². The third-order valence-corrected chi connectivity index (χ3v) is 8.25. The molecule has 3 heteroatoms. The number of rotatable bonds is 3. The van der Waals surface area contributed by atoms with E-state index in [1.165, 1.54) is 53.7 Å². The Morgan fingerprint density at radius 2 is 1.33 bits per heavy atom. The summed E-state index contributed by atoms with van der Waals surface area (Å²) in [5.41, 5.74) is 9.48. The number of aromatic nitrogens is 2. The fourth-order valence-electron chi connectivity index (χ4n) is 5.46. The molecule has 0 saturated heterocycles. The molecule has 5 aromatic carbocycles. The van der Waals surface area contributed by atoms with E-state index in [2.05, 4.69) is 128 Å². The zero-order valence-electron chi connectivity index (χ0n) is 20.2. The van der Waals surface area contributed by atoms with Crippen molar-refractivity contribution in [1.29, 1.82) is 0 Å². The fourth-order valence-corrected chi connectivity index (χ4v) is 6.67. The Morgan fingerprint density at radius 1 is 0.639 bits per heavy atom. The van der Waals surface area contributed by atoms with Crippen molar-refractivity contribution in [1.82, 2.24) is 9.55 Å². The summed E-state index contributed by atoms with van der Waals surface area (Å²) in [5.74, 6) is 0.993. The zero-order valence-corrected chi connectivity index (χ0v) is 21.0. The highest BCUT2D eigenvalue weighted by molar-refractivity contribution is 7.26. The van der Waals surface area contributed by atoms with E-state index in [4.69, 9.17) is 4.98 Å². The highest BCUT2D eigenvalue weighted by Crippen LogP contribution is 2.42. The van der Waals surface area contributed by atoms with Gasteiger partial charge in [-0.25, -0.2) is 4.98 Å².